The lowest BCUT2D eigenvalue weighted by molar-refractivity contribution is 0.781. The van der Waals surface area contributed by atoms with Gasteiger partial charge in [-0.15, -0.1) is 11.8 Å². The number of benzene rings is 1. The van der Waals surface area contributed by atoms with Gasteiger partial charge in [0.15, 0.2) is 0 Å². The number of hydrogen-bond donors (Lipinski definition) is 1. The zero-order valence-corrected chi connectivity index (χ0v) is 10.6. The van der Waals surface area contributed by atoms with E-state index in [2.05, 4.69) is 23.3 Å². The molecule has 88 valence electrons. The van der Waals surface area contributed by atoms with E-state index in [1.54, 1.807) is 4.68 Å². The van der Waals surface area contributed by atoms with Crippen molar-refractivity contribution in [2.75, 3.05) is 11.5 Å². The van der Waals surface area contributed by atoms with Crippen molar-refractivity contribution >= 4 is 17.6 Å². The Balaban J connectivity index is 2.14. The van der Waals surface area contributed by atoms with E-state index < -0.39 is 0 Å². The van der Waals surface area contributed by atoms with Crippen molar-refractivity contribution < 1.29 is 0 Å². The number of hydrogen-bond acceptors (Lipinski definition) is 3. The molecule has 0 unspecified atom stereocenters. The lowest BCUT2D eigenvalue weighted by Crippen LogP contribution is -2.00. The summed E-state index contributed by atoms with van der Waals surface area (Å²) >= 11 is 1.94. The van der Waals surface area contributed by atoms with Crippen LogP contribution in [-0.2, 0) is 13.5 Å². The van der Waals surface area contributed by atoms with E-state index in [0.29, 0.717) is 5.82 Å². The number of thioether (sulfide) groups is 1. The van der Waals surface area contributed by atoms with Crippen molar-refractivity contribution in [3.63, 3.8) is 0 Å². The monoisotopic (exact) mass is 245 g/mol. The minimum atomic E-state index is 0.707. The van der Waals surface area contributed by atoms with Crippen molar-refractivity contribution in [3.8, 4) is 11.3 Å². The van der Waals surface area contributed by atoms with E-state index in [9.17, 15) is 0 Å². The third-order valence-corrected chi connectivity index (χ3v) is 4.39. The molecule has 3 nitrogen and oxygen atoms in total. The van der Waals surface area contributed by atoms with Gasteiger partial charge in [-0.3, -0.25) is 4.68 Å². The highest BCUT2D eigenvalue weighted by molar-refractivity contribution is 7.99. The molecular formula is C13H15N3S. The second-order valence-corrected chi connectivity index (χ2v) is 5.43. The summed E-state index contributed by atoms with van der Waals surface area (Å²) in [5, 5.41) is 4.47. The molecule has 2 heterocycles. The SMILES string of the molecule is Cn1nc(-c2cccc3c2SCCC3)cc1N. The van der Waals surface area contributed by atoms with Crippen LogP contribution in [0.5, 0.6) is 0 Å². The highest BCUT2D eigenvalue weighted by Gasteiger charge is 2.16. The van der Waals surface area contributed by atoms with Crippen LogP contribution in [0.25, 0.3) is 11.3 Å². The van der Waals surface area contributed by atoms with Crippen LogP contribution in [0.15, 0.2) is 29.2 Å². The normalized spacial score (nSPS) is 14.6. The molecule has 1 aromatic heterocycles. The number of nitrogen functional groups attached to an aromatic ring is 1. The predicted octanol–water partition coefficient (Wildman–Crippen LogP) is 2.71. The Morgan fingerprint density at radius 1 is 1.41 bits per heavy atom. The molecule has 0 atom stereocenters. The first-order valence-electron chi connectivity index (χ1n) is 5.80. The van der Waals surface area contributed by atoms with Gasteiger partial charge in [-0.25, -0.2) is 0 Å². The third-order valence-electron chi connectivity index (χ3n) is 3.13. The molecule has 2 N–H and O–H groups in total. The van der Waals surface area contributed by atoms with Gasteiger partial charge in [0.25, 0.3) is 0 Å². The second-order valence-electron chi connectivity index (χ2n) is 4.32. The Morgan fingerprint density at radius 2 is 2.29 bits per heavy atom. The van der Waals surface area contributed by atoms with Crippen LogP contribution in [0.4, 0.5) is 5.82 Å². The van der Waals surface area contributed by atoms with Crippen molar-refractivity contribution in [1.82, 2.24) is 9.78 Å². The van der Waals surface area contributed by atoms with Crippen LogP contribution < -0.4 is 5.73 Å². The quantitative estimate of drug-likeness (QED) is 0.840. The van der Waals surface area contributed by atoms with Crippen LogP contribution in [0, 0.1) is 0 Å². The number of nitrogens with two attached hydrogens (primary N) is 1. The maximum atomic E-state index is 5.85. The zero-order valence-electron chi connectivity index (χ0n) is 9.81. The van der Waals surface area contributed by atoms with Gasteiger partial charge in [-0.1, -0.05) is 18.2 Å². The van der Waals surface area contributed by atoms with Crippen LogP contribution in [0.2, 0.25) is 0 Å². The van der Waals surface area contributed by atoms with Gasteiger partial charge >= 0.3 is 0 Å². The topological polar surface area (TPSA) is 43.8 Å². The first-order valence-corrected chi connectivity index (χ1v) is 6.79. The highest BCUT2D eigenvalue weighted by atomic mass is 32.2. The van der Waals surface area contributed by atoms with Crippen molar-refractivity contribution in [2.24, 2.45) is 7.05 Å². The molecule has 1 aromatic carbocycles. The molecule has 0 radical (unpaired) electrons. The summed E-state index contributed by atoms with van der Waals surface area (Å²) < 4.78 is 1.72. The van der Waals surface area contributed by atoms with Crippen LogP contribution in [-0.4, -0.2) is 15.5 Å². The van der Waals surface area contributed by atoms with Crippen molar-refractivity contribution in [1.29, 1.82) is 0 Å². The molecule has 0 bridgehead atoms. The molecule has 17 heavy (non-hydrogen) atoms. The molecule has 0 spiro atoms. The highest BCUT2D eigenvalue weighted by Crippen LogP contribution is 2.38. The van der Waals surface area contributed by atoms with Gasteiger partial charge in [-0.05, 0) is 24.2 Å². The van der Waals surface area contributed by atoms with E-state index >= 15 is 0 Å². The van der Waals surface area contributed by atoms with Crippen LogP contribution in [0.3, 0.4) is 0 Å². The lowest BCUT2D eigenvalue weighted by Gasteiger charge is -2.17. The van der Waals surface area contributed by atoms with E-state index in [1.165, 1.54) is 34.6 Å². The first-order chi connectivity index (χ1) is 8.25. The van der Waals surface area contributed by atoms with Gasteiger partial charge in [0.2, 0.25) is 0 Å². The Morgan fingerprint density at radius 3 is 3.06 bits per heavy atom. The molecule has 1 aliphatic rings. The maximum Gasteiger partial charge on any atom is 0.121 e. The molecule has 0 aliphatic carbocycles. The Bertz CT molecular complexity index is 540. The number of fused-ring (bicyclic) bond motifs is 1. The molecule has 0 amide bonds. The number of aryl methyl sites for hydroxylation is 2. The molecule has 0 fully saturated rings. The Kier molecular flexibility index (Phi) is 2.59. The van der Waals surface area contributed by atoms with Gasteiger partial charge in [0.05, 0.1) is 5.69 Å². The van der Waals surface area contributed by atoms with Gasteiger partial charge in [0, 0.05) is 23.6 Å². The fraction of sp³-hybridized carbons (Fsp3) is 0.308. The van der Waals surface area contributed by atoms with Crippen LogP contribution in [0.1, 0.15) is 12.0 Å². The summed E-state index contributed by atoms with van der Waals surface area (Å²) in [6.45, 7) is 0. The summed E-state index contributed by atoms with van der Waals surface area (Å²) in [7, 11) is 1.88. The molecular weight excluding hydrogens is 230 g/mol. The summed E-state index contributed by atoms with van der Waals surface area (Å²) in [5.41, 5.74) is 9.50. The number of aromatic nitrogens is 2. The maximum absolute atomic E-state index is 5.85. The molecule has 0 saturated carbocycles. The minimum Gasteiger partial charge on any atom is -0.384 e. The largest absolute Gasteiger partial charge is 0.384 e. The summed E-state index contributed by atoms with van der Waals surface area (Å²) in [4.78, 5) is 1.39. The van der Waals surface area contributed by atoms with E-state index in [0.717, 1.165) is 5.69 Å². The van der Waals surface area contributed by atoms with Crippen molar-refractivity contribution in [2.45, 2.75) is 17.7 Å². The molecule has 0 saturated heterocycles. The number of rotatable bonds is 1. The standard InChI is InChI=1S/C13H15N3S/c1-16-12(14)8-11(15-16)10-6-2-4-9-5-3-7-17-13(9)10/h2,4,6,8H,3,5,7,14H2,1H3. The third kappa shape index (κ3) is 1.82. The summed E-state index contributed by atoms with van der Waals surface area (Å²) in [6, 6.07) is 8.42. The predicted molar refractivity (Wildman–Crippen MR) is 72.1 cm³/mol. The van der Waals surface area contributed by atoms with E-state index in [4.69, 9.17) is 5.73 Å². The number of anilines is 1. The van der Waals surface area contributed by atoms with Gasteiger partial charge in [-0.2, -0.15) is 5.10 Å². The average molecular weight is 245 g/mol. The van der Waals surface area contributed by atoms with Crippen LogP contribution >= 0.6 is 11.8 Å². The second kappa shape index (κ2) is 4.11. The smallest absolute Gasteiger partial charge is 0.121 e. The first kappa shape index (κ1) is 10.7. The summed E-state index contributed by atoms with van der Waals surface area (Å²) in [5.74, 6) is 1.91. The van der Waals surface area contributed by atoms with Gasteiger partial charge in [0.1, 0.15) is 5.82 Å². The minimum absolute atomic E-state index is 0.707. The molecule has 1 aliphatic heterocycles. The van der Waals surface area contributed by atoms with E-state index in [1.807, 2.05) is 24.9 Å². The zero-order chi connectivity index (χ0) is 11.8. The molecule has 3 rings (SSSR count). The van der Waals surface area contributed by atoms with Crippen molar-refractivity contribution in [3.05, 3.63) is 29.8 Å². The Labute approximate surface area is 105 Å². The van der Waals surface area contributed by atoms with E-state index in [-0.39, 0.29) is 0 Å². The van der Waals surface area contributed by atoms with Gasteiger partial charge < -0.3 is 5.73 Å². The Hall–Kier alpha value is -1.42. The molecule has 2 aromatic rings. The summed E-state index contributed by atoms with van der Waals surface area (Å²) in [6.07, 6.45) is 2.45. The number of nitrogens with zero attached hydrogens (tertiary/aromatic N) is 2. The fourth-order valence-electron chi connectivity index (χ4n) is 2.20. The fourth-order valence-corrected chi connectivity index (χ4v) is 3.38. The lowest BCUT2D eigenvalue weighted by atomic mass is 10.0. The molecule has 4 heteroatoms. The average Bonchev–Trinajstić information content (AvgIpc) is 2.69.